The first kappa shape index (κ1) is 21.3. The highest BCUT2D eigenvalue weighted by Crippen LogP contribution is 2.33. The molecule has 9 nitrogen and oxygen atoms in total. The third kappa shape index (κ3) is 5.57. The second-order valence-corrected chi connectivity index (χ2v) is 6.34. The molecule has 9 heteroatoms. The number of amides is 1. The number of carbonyl (C=O) groups excluding carboxylic acids is 1. The molecule has 2 N–H and O–H groups in total. The maximum atomic E-state index is 12.2. The maximum Gasteiger partial charge on any atom is 0.315 e. The molecule has 3 rings (SSSR count). The van der Waals surface area contributed by atoms with Crippen LogP contribution >= 0.6 is 0 Å². The van der Waals surface area contributed by atoms with Crippen LogP contribution in [0, 0.1) is 10.1 Å². The molecule has 0 aliphatic rings. The molecule has 0 fully saturated rings. The van der Waals surface area contributed by atoms with Gasteiger partial charge in [-0.05, 0) is 35.9 Å². The van der Waals surface area contributed by atoms with Crippen LogP contribution in [0.1, 0.15) is 21.5 Å². The zero-order valence-electron chi connectivity index (χ0n) is 16.5. The first-order valence-electron chi connectivity index (χ1n) is 9.13. The van der Waals surface area contributed by atoms with Crippen LogP contribution in [0.5, 0.6) is 17.2 Å². The van der Waals surface area contributed by atoms with Crippen LogP contribution in [0.15, 0.2) is 71.8 Å². The minimum atomic E-state index is -0.741. The minimum Gasteiger partial charge on any atom is -0.502 e. The van der Waals surface area contributed by atoms with E-state index in [4.69, 9.17) is 9.47 Å². The number of aromatic hydroxyl groups is 1. The lowest BCUT2D eigenvalue weighted by Gasteiger charge is -2.07. The Morgan fingerprint density at radius 1 is 1.13 bits per heavy atom. The number of hydrogen-bond acceptors (Lipinski definition) is 7. The van der Waals surface area contributed by atoms with Crippen molar-refractivity contribution in [3.8, 4) is 17.2 Å². The van der Waals surface area contributed by atoms with Gasteiger partial charge >= 0.3 is 5.69 Å². The van der Waals surface area contributed by atoms with E-state index in [0.717, 1.165) is 17.8 Å². The lowest BCUT2D eigenvalue weighted by molar-refractivity contribution is -0.385. The fourth-order valence-electron chi connectivity index (χ4n) is 2.64. The normalized spacial score (nSPS) is 10.6. The summed E-state index contributed by atoms with van der Waals surface area (Å²) in [4.78, 5) is 22.5. The molecule has 0 aromatic heterocycles. The molecule has 0 unspecified atom stereocenters. The summed E-state index contributed by atoms with van der Waals surface area (Å²) in [5.41, 5.74) is 3.17. The summed E-state index contributed by atoms with van der Waals surface area (Å²) in [5.74, 6) is -0.299. The van der Waals surface area contributed by atoms with Crippen molar-refractivity contribution in [3.05, 3.63) is 93.5 Å². The molecule has 158 valence electrons. The van der Waals surface area contributed by atoms with Crippen LogP contribution in [0.3, 0.4) is 0 Å². The van der Waals surface area contributed by atoms with Crippen molar-refractivity contribution in [1.82, 2.24) is 5.43 Å². The van der Waals surface area contributed by atoms with Crippen LogP contribution in [0.25, 0.3) is 0 Å². The van der Waals surface area contributed by atoms with E-state index >= 15 is 0 Å². The summed E-state index contributed by atoms with van der Waals surface area (Å²) in [7, 11) is 1.34. The van der Waals surface area contributed by atoms with Gasteiger partial charge in [0.25, 0.3) is 5.91 Å². The molecule has 0 aliphatic heterocycles. The van der Waals surface area contributed by atoms with E-state index < -0.39 is 22.3 Å². The number of methoxy groups -OCH3 is 1. The van der Waals surface area contributed by atoms with Crippen molar-refractivity contribution in [3.63, 3.8) is 0 Å². The molecular formula is C22H19N3O6. The monoisotopic (exact) mass is 421 g/mol. The van der Waals surface area contributed by atoms with Gasteiger partial charge in [-0.2, -0.15) is 5.10 Å². The first-order chi connectivity index (χ1) is 15.0. The quantitative estimate of drug-likeness (QED) is 0.325. The summed E-state index contributed by atoms with van der Waals surface area (Å²) in [6.07, 6.45) is 1.10. The Morgan fingerprint density at radius 3 is 2.48 bits per heavy atom. The number of phenolic OH excluding ortho intramolecular Hbond substituents is 1. The number of nitrogens with one attached hydrogen (secondary N) is 1. The second kappa shape index (κ2) is 9.88. The predicted octanol–water partition coefficient (Wildman–Crippen LogP) is 3.65. The smallest absolute Gasteiger partial charge is 0.315 e. The predicted molar refractivity (Wildman–Crippen MR) is 114 cm³/mol. The second-order valence-electron chi connectivity index (χ2n) is 6.34. The van der Waals surface area contributed by atoms with Gasteiger partial charge in [-0.3, -0.25) is 14.9 Å². The molecule has 3 aromatic rings. The van der Waals surface area contributed by atoms with Crippen molar-refractivity contribution in [2.24, 2.45) is 5.10 Å². The molecule has 0 bridgehead atoms. The molecule has 0 atom stereocenters. The van der Waals surface area contributed by atoms with Gasteiger partial charge < -0.3 is 14.6 Å². The van der Waals surface area contributed by atoms with Crippen molar-refractivity contribution >= 4 is 17.8 Å². The molecule has 3 aromatic carbocycles. The van der Waals surface area contributed by atoms with Gasteiger partial charge in [0.05, 0.1) is 24.3 Å². The minimum absolute atomic E-state index is 0.0241. The number of nitro benzene ring substituents is 1. The van der Waals surface area contributed by atoms with Crippen molar-refractivity contribution in [1.29, 1.82) is 0 Å². The number of rotatable bonds is 8. The number of carbonyl (C=O) groups is 1. The van der Waals surface area contributed by atoms with E-state index in [0.29, 0.717) is 17.9 Å². The molecule has 0 spiro atoms. The lowest BCUT2D eigenvalue weighted by Crippen LogP contribution is -2.17. The Hall–Kier alpha value is -4.40. The molecule has 31 heavy (non-hydrogen) atoms. The van der Waals surface area contributed by atoms with E-state index in [1.165, 1.54) is 13.2 Å². The summed E-state index contributed by atoms with van der Waals surface area (Å²) >= 11 is 0. The van der Waals surface area contributed by atoms with Gasteiger partial charge in [0.15, 0.2) is 0 Å². The fraction of sp³-hybridized carbons (Fsp3) is 0.0909. The van der Waals surface area contributed by atoms with Crippen LogP contribution < -0.4 is 14.9 Å². The highest BCUT2D eigenvalue weighted by molar-refractivity contribution is 5.95. The van der Waals surface area contributed by atoms with Crippen molar-refractivity contribution < 1.29 is 24.3 Å². The van der Waals surface area contributed by atoms with Gasteiger partial charge in [0.1, 0.15) is 18.1 Å². The van der Waals surface area contributed by atoms with Crippen LogP contribution in [0.2, 0.25) is 0 Å². The summed E-state index contributed by atoms with van der Waals surface area (Å²) in [6.45, 7) is 0.410. The van der Waals surface area contributed by atoms with E-state index in [1.807, 2.05) is 30.3 Å². The average Bonchev–Trinajstić information content (AvgIpc) is 2.79. The van der Waals surface area contributed by atoms with Gasteiger partial charge in [-0.25, -0.2) is 5.43 Å². The Labute approximate surface area is 177 Å². The Balaban J connectivity index is 1.62. The number of phenols is 1. The number of hydrazone groups is 1. The van der Waals surface area contributed by atoms with E-state index in [2.05, 4.69) is 10.5 Å². The molecule has 0 heterocycles. The topological polar surface area (TPSA) is 123 Å². The molecule has 0 radical (unpaired) electrons. The first-order valence-corrected chi connectivity index (χ1v) is 9.13. The van der Waals surface area contributed by atoms with Crippen LogP contribution in [-0.4, -0.2) is 29.3 Å². The zero-order chi connectivity index (χ0) is 22.2. The van der Waals surface area contributed by atoms with Gasteiger partial charge in [0.2, 0.25) is 5.75 Å². The van der Waals surface area contributed by atoms with E-state index in [1.54, 1.807) is 24.3 Å². The summed E-state index contributed by atoms with van der Waals surface area (Å²) in [5, 5.41) is 24.8. The Bertz CT molecular complexity index is 1100. The van der Waals surface area contributed by atoms with E-state index in [-0.39, 0.29) is 11.3 Å². The summed E-state index contributed by atoms with van der Waals surface area (Å²) < 4.78 is 10.7. The van der Waals surface area contributed by atoms with Crippen LogP contribution in [-0.2, 0) is 6.61 Å². The lowest BCUT2D eigenvalue weighted by atomic mass is 10.1. The van der Waals surface area contributed by atoms with Crippen LogP contribution in [0.4, 0.5) is 5.69 Å². The third-order valence-electron chi connectivity index (χ3n) is 4.26. The highest BCUT2D eigenvalue weighted by Gasteiger charge is 2.18. The fourth-order valence-corrected chi connectivity index (χ4v) is 2.64. The molecule has 0 aliphatic carbocycles. The highest BCUT2D eigenvalue weighted by atomic mass is 16.6. The molecular weight excluding hydrogens is 402 g/mol. The maximum absolute atomic E-state index is 12.2. The number of nitro groups is 1. The van der Waals surface area contributed by atoms with Gasteiger partial charge in [-0.15, -0.1) is 0 Å². The average molecular weight is 421 g/mol. The van der Waals surface area contributed by atoms with Gasteiger partial charge in [0, 0.05) is 11.1 Å². The van der Waals surface area contributed by atoms with Crippen molar-refractivity contribution in [2.45, 2.75) is 6.61 Å². The SMILES string of the molecule is COc1cc(/C=N/NC(=O)c2ccc(OCc3ccccc3)cc2)c(O)c([N+](=O)[O-])c1. The van der Waals surface area contributed by atoms with Gasteiger partial charge in [-0.1, -0.05) is 30.3 Å². The zero-order valence-corrected chi connectivity index (χ0v) is 16.5. The number of nitrogens with zero attached hydrogens (tertiary/aromatic N) is 2. The standard InChI is InChI=1S/C22H19N3O6/c1-30-19-11-17(21(26)20(12-19)25(28)29)13-23-24-22(27)16-7-9-18(10-8-16)31-14-15-5-3-2-4-6-15/h2-13,26H,14H2,1H3,(H,24,27)/b23-13+. The largest absolute Gasteiger partial charge is 0.502 e. The Kier molecular flexibility index (Phi) is 6.79. The van der Waals surface area contributed by atoms with Crippen molar-refractivity contribution in [2.75, 3.05) is 7.11 Å². The molecule has 0 saturated heterocycles. The third-order valence-corrected chi connectivity index (χ3v) is 4.26. The molecule has 1 amide bonds. The number of hydrogen-bond donors (Lipinski definition) is 2. The Morgan fingerprint density at radius 2 is 1.84 bits per heavy atom. The van der Waals surface area contributed by atoms with E-state index in [9.17, 15) is 20.0 Å². The molecule has 0 saturated carbocycles. The number of benzene rings is 3. The number of ether oxygens (including phenoxy) is 2. The summed E-state index contributed by atoms with van der Waals surface area (Å²) in [6, 6.07) is 18.6.